The monoisotopic (exact) mass is 335 g/mol. The van der Waals surface area contributed by atoms with Gasteiger partial charge in [-0.2, -0.15) is 13.2 Å². The number of benzene rings is 1. The van der Waals surface area contributed by atoms with E-state index in [0.717, 1.165) is 0 Å². The molecule has 3 rings (SSSR count). The minimum atomic E-state index is -4.64. The van der Waals surface area contributed by atoms with E-state index in [2.05, 4.69) is 21.9 Å². The zero-order chi connectivity index (χ0) is 17.6. The Bertz CT molecular complexity index is 882. The van der Waals surface area contributed by atoms with E-state index in [9.17, 15) is 17.6 Å². The fourth-order valence-electron chi connectivity index (χ4n) is 2.57. The van der Waals surface area contributed by atoms with Crippen LogP contribution in [0, 0.1) is 19.7 Å². The maximum Gasteiger partial charge on any atom is 0.449 e. The van der Waals surface area contributed by atoms with Gasteiger partial charge in [-0.05, 0) is 43.7 Å². The molecule has 3 nitrogen and oxygen atoms in total. The van der Waals surface area contributed by atoms with Crippen LogP contribution in [0.4, 0.5) is 23.2 Å². The lowest BCUT2D eigenvalue weighted by molar-refractivity contribution is -0.0610. The number of aryl methyl sites for hydroxylation is 2. The number of amidine groups is 1. The quantitative estimate of drug-likeness (QED) is 0.769. The summed E-state index contributed by atoms with van der Waals surface area (Å²) in [7, 11) is 0. The molecular weight excluding hydrogens is 322 g/mol. The summed E-state index contributed by atoms with van der Waals surface area (Å²) in [6.07, 6.45) is -4.64. The Morgan fingerprint density at radius 1 is 1.08 bits per heavy atom. The average molecular weight is 335 g/mol. The van der Waals surface area contributed by atoms with Crippen LogP contribution in [0.3, 0.4) is 0 Å². The van der Waals surface area contributed by atoms with Crippen molar-refractivity contribution in [3.63, 3.8) is 0 Å². The highest BCUT2D eigenvalue weighted by atomic mass is 19.4. The number of hydrogen-bond donors (Lipinski definition) is 1. The number of pyridine rings is 1. The number of nitrogens with zero attached hydrogens (tertiary/aromatic N) is 2. The predicted octanol–water partition coefficient (Wildman–Crippen LogP) is 4.67. The summed E-state index contributed by atoms with van der Waals surface area (Å²) in [6, 6.07) is 5.64. The van der Waals surface area contributed by atoms with Crippen molar-refractivity contribution >= 4 is 17.2 Å². The molecule has 0 amide bonds. The molecule has 0 unspecified atom stereocenters. The summed E-state index contributed by atoms with van der Waals surface area (Å²) in [5.41, 5.74) is 2.56. The van der Waals surface area contributed by atoms with E-state index in [1.54, 1.807) is 19.9 Å². The first-order chi connectivity index (χ1) is 11.2. The van der Waals surface area contributed by atoms with Crippen molar-refractivity contribution in [3.8, 4) is 11.3 Å². The second-order valence-electron chi connectivity index (χ2n) is 5.53. The van der Waals surface area contributed by atoms with Crippen molar-refractivity contribution in [2.45, 2.75) is 20.0 Å². The van der Waals surface area contributed by atoms with Crippen LogP contribution in [0.5, 0.6) is 0 Å². The Morgan fingerprint density at radius 3 is 2.42 bits per heavy atom. The third kappa shape index (κ3) is 2.77. The van der Waals surface area contributed by atoms with Crippen LogP contribution in [0.2, 0.25) is 0 Å². The molecular formula is C17H13F4N3. The molecule has 1 aliphatic rings. The van der Waals surface area contributed by atoms with Gasteiger partial charge in [0.05, 0.1) is 5.69 Å². The Labute approximate surface area is 135 Å². The average Bonchev–Trinajstić information content (AvgIpc) is 2.46. The van der Waals surface area contributed by atoms with E-state index >= 15 is 0 Å². The van der Waals surface area contributed by atoms with Gasteiger partial charge in [0, 0.05) is 22.5 Å². The smallest absolute Gasteiger partial charge is 0.336 e. The molecule has 0 saturated heterocycles. The molecule has 24 heavy (non-hydrogen) atoms. The molecule has 0 atom stereocenters. The molecule has 2 aromatic rings. The molecule has 0 bridgehead atoms. The predicted molar refractivity (Wildman–Crippen MR) is 84.4 cm³/mol. The number of rotatable bonds is 1. The van der Waals surface area contributed by atoms with Gasteiger partial charge >= 0.3 is 6.18 Å². The minimum Gasteiger partial charge on any atom is -0.336 e. The summed E-state index contributed by atoms with van der Waals surface area (Å²) < 4.78 is 52.5. The molecule has 2 heterocycles. The molecule has 0 fully saturated rings. The molecule has 0 aliphatic carbocycles. The van der Waals surface area contributed by atoms with Crippen molar-refractivity contribution in [1.82, 2.24) is 10.3 Å². The van der Waals surface area contributed by atoms with Gasteiger partial charge in [-0.25, -0.2) is 9.38 Å². The van der Waals surface area contributed by atoms with Gasteiger partial charge in [-0.15, -0.1) is 0 Å². The summed E-state index contributed by atoms with van der Waals surface area (Å²) in [6.45, 7) is 7.04. The van der Waals surface area contributed by atoms with Gasteiger partial charge in [0.1, 0.15) is 11.5 Å². The number of halogens is 4. The highest BCUT2D eigenvalue weighted by Crippen LogP contribution is 2.40. The second kappa shape index (κ2) is 5.43. The topological polar surface area (TPSA) is 37.3 Å². The molecule has 7 heteroatoms. The van der Waals surface area contributed by atoms with Gasteiger partial charge < -0.3 is 5.32 Å². The standard InChI is InChI=1S/C17H13F4N3/c1-8-6-11(18)4-5-12(8)14-15-13(7-9(2)22-14)10(3)23-16(24-15)17(19,20)21/h4-7H,3H2,1-2H3,(H,23,24). The number of fused-ring (bicyclic) bond motifs is 1. The van der Waals surface area contributed by atoms with E-state index in [-0.39, 0.29) is 17.1 Å². The lowest BCUT2D eigenvalue weighted by atomic mass is 9.99. The van der Waals surface area contributed by atoms with E-state index < -0.39 is 17.8 Å². The van der Waals surface area contributed by atoms with E-state index in [1.807, 2.05) is 0 Å². The van der Waals surface area contributed by atoms with Crippen LogP contribution < -0.4 is 5.32 Å². The fourth-order valence-corrected chi connectivity index (χ4v) is 2.57. The number of nitrogens with one attached hydrogen (secondary N) is 1. The molecule has 0 spiro atoms. The maximum atomic E-state index is 13.3. The zero-order valence-corrected chi connectivity index (χ0v) is 12.9. The Balaban J connectivity index is 2.30. The van der Waals surface area contributed by atoms with Crippen molar-refractivity contribution in [2.75, 3.05) is 0 Å². The number of hydrogen-bond acceptors (Lipinski definition) is 3. The Hall–Kier alpha value is -2.70. The first kappa shape index (κ1) is 16.2. The largest absolute Gasteiger partial charge is 0.449 e. The Kier molecular flexibility index (Phi) is 3.66. The summed E-state index contributed by atoms with van der Waals surface area (Å²) in [4.78, 5) is 8.04. The summed E-state index contributed by atoms with van der Waals surface area (Å²) >= 11 is 0. The van der Waals surface area contributed by atoms with Crippen molar-refractivity contribution < 1.29 is 17.6 Å². The molecule has 0 radical (unpaired) electrons. The van der Waals surface area contributed by atoms with Crippen LogP contribution in [0.15, 0.2) is 35.8 Å². The number of alkyl halides is 3. The van der Waals surface area contributed by atoms with Crippen LogP contribution in [0.1, 0.15) is 16.8 Å². The van der Waals surface area contributed by atoms with Gasteiger partial charge in [0.15, 0.2) is 0 Å². The van der Waals surface area contributed by atoms with Crippen LogP contribution in [0.25, 0.3) is 17.0 Å². The molecule has 1 aromatic carbocycles. The number of aromatic nitrogens is 1. The molecule has 0 saturated carbocycles. The highest BCUT2D eigenvalue weighted by molar-refractivity contribution is 6.03. The normalized spacial score (nSPS) is 14.1. The molecule has 124 valence electrons. The maximum absolute atomic E-state index is 13.3. The van der Waals surface area contributed by atoms with Gasteiger partial charge in [0.25, 0.3) is 0 Å². The lowest BCUT2D eigenvalue weighted by Crippen LogP contribution is -2.37. The highest BCUT2D eigenvalue weighted by Gasteiger charge is 2.39. The summed E-state index contributed by atoms with van der Waals surface area (Å²) in [5, 5.41) is 2.18. The van der Waals surface area contributed by atoms with E-state index in [4.69, 9.17) is 0 Å². The lowest BCUT2D eigenvalue weighted by Gasteiger charge is -2.23. The van der Waals surface area contributed by atoms with E-state index in [1.165, 1.54) is 18.2 Å². The first-order valence-corrected chi connectivity index (χ1v) is 7.07. The minimum absolute atomic E-state index is 0.0754. The van der Waals surface area contributed by atoms with Crippen molar-refractivity contribution in [1.29, 1.82) is 0 Å². The molecule has 1 aromatic heterocycles. The Morgan fingerprint density at radius 2 is 1.79 bits per heavy atom. The van der Waals surface area contributed by atoms with Crippen molar-refractivity contribution in [3.05, 3.63) is 53.5 Å². The molecule has 1 aliphatic heterocycles. The first-order valence-electron chi connectivity index (χ1n) is 7.07. The van der Waals surface area contributed by atoms with Gasteiger partial charge in [-0.3, -0.25) is 4.98 Å². The second-order valence-corrected chi connectivity index (χ2v) is 5.53. The molecule has 1 N–H and O–H groups in total. The van der Waals surface area contributed by atoms with Crippen LogP contribution >= 0.6 is 0 Å². The fraction of sp³-hybridized carbons (Fsp3) is 0.176. The zero-order valence-electron chi connectivity index (χ0n) is 12.9. The SMILES string of the molecule is C=C1NC(C(F)(F)F)=Nc2c1cc(C)nc2-c1ccc(F)cc1C. The van der Waals surface area contributed by atoms with Crippen LogP contribution in [-0.4, -0.2) is 17.0 Å². The van der Waals surface area contributed by atoms with Gasteiger partial charge in [0.2, 0.25) is 5.84 Å². The van der Waals surface area contributed by atoms with Gasteiger partial charge in [-0.1, -0.05) is 6.58 Å². The summed E-state index contributed by atoms with van der Waals surface area (Å²) in [5.74, 6) is -1.57. The number of aliphatic imine (C=N–C) groups is 1. The van der Waals surface area contributed by atoms with Crippen molar-refractivity contribution in [2.24, 2.45) is 4.99 Å². The third-order valence-electron chi connectivity index (χ3n) is 3.65. The van der Waals surface area contributed by atoms with E-state index in [0.29, 0.717) is 22.4 Å². The van der Waals surface area contributed by atoms with Crippen LogP contribution in [-0.2, 0) is 0 Å². The third-order valence-corrected chi connectivity index (χ3v) is 3.65.